The van der Waals surface area contributed by atoms with E-state index in [1.807, 2.05) is 30.3 Å². The maximum atomic E-state index is 9.90. The Labute approximate surface area is 220 Å². The molecule has 6 rings (SSSR count). The zero-order valence-electron chi connectivity index (χ0n) is 20.3. The van der Waals surface area contributed by atoms with Crippen molar-refractivity contribution in [1.29, 1.82) is 0 Å². The number of H-pyrrole nitrogens is 1. The molecule has 4 atom stereocenters. The Morgan fingerprint density at radius 3 is 2.30 bits per heavy atom. The largest absolute Gasteiger partial charge is 0.456 e. The number of benzene rings is 2. The number of aromatic nitrogens is 3. The lowest BCUT2D eigenvalue weighted by molar-refractivity contribution is 0.00706. The standard InChI is InChI=1S/C24H20ClN3O4.C2H6O.C2H2/c25-16-10-17-23(28-24(26-17)32-19-12-31-21-18(29)11-30-22(19)21)27-20(16)15-8-6-14(7-9-15)13-4-2-1-3-5-13;1-2-3;1-2/h1-10,18-19,21-22,29H,11-12H2,(H,26,27,28);3H,2H2,1H3;1-2H/t18-,19-,21-,22-;;/m1../s1. The van der Waals surface area contributed by atoms with Crippen molar-refractivity contribution in [3.8, 4) is 41.2 Å². The molecular formula is C28H28ClN3O5. The summed E-state index contributed by atoms with van der Waals surface area (Å²) in [5.74, 6) is 0. The summed E-state index contributed by atoms with van der Waals surface area (Å²) in [6, 6.07) is 20.4. The van der Waals surface area contributed by atoms with Crippen LogP contribution in [0.1, 0.15) is 6.92 Å². The summed E-state index contributed by atoms with van der Waals surface area (Å²) >= 11 is 6.54. The van der Waals surface area contributed by atoms with Gasteiger partial charge in [0.1, 0.15) is 18.3 Å². The van der Waals surface area contributed by atoms with Gasteiger partial charge in [0.2, 0.25) is 0 Å². The average Bonchev–Trinajstić information content (AvgIpc) is 3.62. The van der Waals surface area contributed by atoms with Gasteiger partial charge in [-0.1, -0.05) is 66.2 Å². The fraction of sp³-hybridized carbons (Fsp3) is 0.286. The number of hydrogen-bond acceptors (Lipinski definition) is 7. The second-order valence-corrected chi connectivity index (χ2v) is 8.72. The number of aromatic amines is 1. The lowest BCUT2D eigenvalue weighted by atomic mass is 10.0. The average molecular weight is 522 g/mol. The third kappa shape index (κ3) is 5.77. The number of terminal acetylenes is 1. The van der Waals surface area contributed by atoms with Gasteiger partial charge >= 0.3 is 0 Å². The molecule has 2 aromatic carbocycles. The molecule has 0 amide bonds. The van der Waals surface area contributed by atoms with Crippen molar-refractivity contribution in [2.45, 2.75) is 31.3 Å². The Morgan fingerprint density at radius 2 is 1.59 bits per heavy atom. The molecule has 0 radical (unpaired) electrons. The van der Waals surface area contributed by atoms with Gasteiger partial charge in [-0.05, 0) is 24.1 Å². The molecule has 9 heteroatoms. The van der Waals surface area contributed by atoms with E-state index in [4.69, 9.17) is 30.9 Å². The number of aliphatic hydroxyl groups is 2. The van der Waals surface area contributed by atoms with Crippen molar-refractivity contribution >= 4 is 22.8 Å². The summed E-state index contributed by atoms with van der Waals surface area (Å²) in [7, 11) is 0. The highest BCUT2D eigenvalue weighted by Crippen LogP contribution is 2.33. The van der Waals surface area contributed by atoms with E-state index in [1.54, 1.807) is 13.0 Å². The SMILES string of the molecule is C#C.CCO.O[C@@H]1CO[C@H]2[C@@H]1OC[C@H]2Oc1nc2nc(-c3ccc(-c4ccccc4)cc3)c(Cl)cc2[nH]1. The predicted octanol–water partition coefficient (Wildman–Crippen LogP) is 4.10. The van der Waals surface area contributed by atoms with Crippen molar-refractivity contribution in [3.05, 3.63) is 65.7 Å². The monoisotopic (exact) mass is 521 g/mol. The van der Waals surface area contributed by atoms with E-state index in [0.717, 1.165) is 16.7 Å². The van der Waals surface area contributed by atoms with Gasteiger partial charge in [0.25, 0.3) is 6.01 Å². The van der Waals surface area contributed by atoms with Gasteiger partial charge < -0.3 is 29.4 Å². The molecule has 0 saturated carbocycles. The second kappa shape index (κ2) is 12.2. The lowest BCUT2D eigenvalue weighted by Gasteiger charge is -2.15. The Balaban J connectivity index is 0.000000599. The minimum Gasteiger partial charge on any atom is -0.456 e. The highest BCUT2D eigenvalue weighted by atomic mass is 35.5. The number of pyridine rings is 1. The van der Waals surface area contributed by atoms with Crippen LogP contribution in [0.2, 0.25) is 5.02 Å². The van der Waals surface area contributed by atoms with E-state index in [2.05, 4.69) is 52.1 Å². The number of nitrogens with one attached hydrogen (secondary N) is 1. The van der Waals surface area contributed by atoms with E-state index in [0.29, 0.717) is 34.5 Å². The summed E-state index contributed by atoms with van der Waals surface area (Å²) in [4.78, 5) is 12.3. The lowest BCUT2D eigenvalue weighted by Crippen LogP contribution is -2.34. The van der Waals surface area contributed by atoms with Gasteiger partial charge in [0, 0.05) is 12.2 Å². The van der Waals surface area contributed by atoms with Crippen molar-refractivity contribution in [1.82, 2.24) is 15.0 Å². The molecule has 0 unspecified atom stereocenters. The molecule has 0 bridgehead atoms. The smallest absolute Gasteiger partial charge is 0.296 e. The maximum absolute atomic E-state index is 9.90. The summed E-state index contributed by atoms with van der Waals surface area (Å²) in [5.41, 5.74) is 5.02. The van der Waals surface area contributed by atoms with E-state index in [1.165, 1.54) is 0 Å². The van der Waals surface area contributed by atoms with Gasteiger partial charge in [0.15, 0.2) is 11.8 Å². The third-order valence-corrected chi connectivity index (χ3v) is 6.20. The van der Waals surface area contributed by atoms with Crippen molar-refractivity contribution in [2.75, 3.05) is 19.8 Å². The molecule has 2 aromatic heterocycles. The number of rotatable bonds is 4. The van der Waals surface area contributed by atoms with E-state index < -0.39 is 6.10 Å². The second-order valence-electron chi connectivity index (χ2n) is 8.31. The molecule has 3 N–H and O–H groups in total. The number of hydrogen-bond donors (Lipinski definition) is 3. The van der Waals surface area contributed by atoms with Crippen LogP contribution in [0.25, 0.3) is 33.5 Å². The predicted molar refractivity (Wildman–Crippen MR) is 142 cm³/mol. The number of aliphatic hydroxyl groups excluding tert-OH is 2. The molecule has 0 aliphatic carbocycles. The third-order valence-electron chi connectivity index (χ3n) is 5.92. The zero-order chi connectivity index (χ0) is 26.4. The number of ether oxygens (including phenoxy) is 3. The highest BCUT2D eigenvalue weighted by Gasteiger charge is 2.48. The summed E-state index contributed by atoms with van der Waals surface area (Å²) in [6.45, 7) is 2.51. The summed E-state index contributed by atoms with van der Waals surface area (Å²) < 4.78 is 17.2. The molecule has 4 aromatic rings. The molecule has 2 aliphatic rings. The number of nitrogens with zero attached hydrogens (tertiary/aromatic N) is 2. The zero-order valence-corrected chi connectivity index (χ0v) is 21.0. The first kappa shape index (κ1) is 26.6. The van der Waals surface area contributed by atoms with Crippen LogP contribution in [0.3, 0.4) is 0 Å². The highest BCUT2D eigenvalue weighted by molar-refractivity contribution is 6.33. The fourth-order valence-corrected chi connectivity index (χ4v) is 4.55. The molecule has 192 valence electrons. The van der Waals surface area contributed by atoms with Gasteiger partial charge in [0.05, 0.1) is 29.4 Å². The minimum atomic E-state index is -0.624. The summed E-state index contributed by atoms with van der Waals surface area (Å²) in [6.07, 6.45) is 6.36. The van der Waals surface area contributed by atoms with E-state index in [9.17, 15) is 5.11 Å². The molecule has 8 nitrogen and oxygen atoms in total. The van der Waals surface area contributed by atoms with Crippen molar-refractivity contribution in [2.24, 2.45) is 0 Å². The molecule has 0 spiro atoms. The van der Waals surface area contributed by atoms with Crippen molar-refractivity contribution < 1.29 is 24.4 Å². The van der Waals surface area contributed by atoms with E-state index >= 15 is 0 Å². The number of imidazole rings is 1. The molecule has 37 heavy (non-hydrogen) atoms. The van der Waals surface area contributed by atoms with Crippen LogP contribution in [0, 0.1) is 12.8 Å². The number of fused-ring (bicyclic) bond motifs is 2. The Kier molecular flexibility index (Phi) is 8.77. The topological polar surface area (TPSA) is 110 Å². The Morgan fingerprint density at radius 1 is 0.973 bits per heavy atom. The van der Waals surface area contributed by atoms with Gasteiger partial charge in [-0.3, -0.25) is 0 Å². The van der Waals surface area contributed by atoms with Crippen LogP contribution in [0.15, 0.2) is 60.7 Å². The molecule has 2 saturated heterocycles. The summed E-state index contributed by atoms with van der Waals surface area (Å²) in [5, 5.41) is 18.0. The fourth-order valence-electron chi connectivity index (χ4n) is 4.29. The van der Waals surface area contributed by atoms with Crippen LogP contribution in [-0.2, 0) is 9.47 Å². The first-order valence-electron chi connectivity index (χ1n) is 11.8. The van der Waals surface area contributed by atoms with Crippen LogP contribution >= 0.6 is 11.6 Å². The molecule has 2 fully saturated rings. The number of halogens is 1. The minimum absolute atomic E-state index is 0.249. The Hall–Kier alpha value is -3.45. The quantitative estimate of drug-likeness (QED) is 0.347. The Bertz CT molecular complexity index is 1330. The van der Waals surface area contributed by atoms with Crippen LogP contribution in [-0.4, -0.2) is 69.4 Å². The molecule has 2 aliphatic heterocycles. The van der Waals surface area contributed by atoms with Gasteiger partial charge in [-0.2, -0.15) is 4.98 Å². The van der Waals surface area contributed by atoms with Crippen LogP contribution in [0.4, 0.5) is 0 Å². The normalized spacial score (nSPS) is 21.9. The van der Waals surface area contributed by atoms with Crippen molar-refractivity contribution in [3.63, 3.8) is 0 Å². The first-order chi connectivity index (χ1) is 18.1. The van der Waals surface area contributed by atoms with Crippen LogP contribution < -0.4 is 4.74 Å². The first-order valence-corrected chi connectivity index (χ1v) is 12.2. The van der Waals surface area contributed by atoms with Crippen LogP contribution in [0.5, 0.6) is 6.01 Å². The molecular weight excluding hydrogens is 494 g/mol. The van der Waals surface area contributed by atoms with Gasteiger partial charge in [-0.25, -0.2) is 4.98 Å². The molecule has 4 heterocycles. The van der Waals surface area contributed by atoms with Gasteiger partial charge in [-0.15, -0.1) is 12.8 Å². The van der Waals surface area contributed by atoms with E-state index in [-0.39, 0.29) is 31.5 Å². The maximum Gasteiger partial charge on any atom is 0.296 e.